The second-order valence-corrected chi connectivity index (χ2v) is 7.19. The average molecular weight is 369 g/mol. The number of hydrogen-bond donors (Lipinski definition) is 1. The summed E-state index contributed by atoms with van der Waals surface area (Å²) in [7, 11) is -3.81. The van der Waals surface area contributed by atoms with Crippen LogP contribution in [0, 0.1) is 0 Å². The van der Waals surface area contributed by atoms with E-state index in [4.69, 9.17) is 27.7 Å². The van der Waals surface area contributed by atoms with Crippen molar-refractivity contribution in [2.45, 2.75) is 4.90 Å². The van der Waals surface area contributed by atoms with Gasteiger partial charge < -0.3 is 4.52 Å². The highest BCUT2D eigenvalue weighted by molar-refractivity contribution is 7.92. The normalized spacial score (nSPS) is 11.4. The lowest BCUT2D eigenvalue weighted by atomic mass is 10.1. The molecule has 0 atom stereocenters. The van der Waals surface area contributed by atoms with Gasteiger partial charge in [-0.15, -0.1) is 0 Å². The van der Waals surface area contributed by atoms with Gasteiger partial charge in [-0.25, -0.2) is 13.1 Å². The van der Waals surface area contributed by atoms with Crippen molar-refractivity contribution in [3.63, 3.8) is 0 Å². The quantitative estimate of drug-likeness (QED) is 0.738. The third-order valence-corrected chi connectivity index (χ3v) is 4.93. The van der Waals surface area contributed by atoms with Crippen LogP contribution in [0.2, 0.25) is 10.0 Å². The summed E-state index contributed by atoms with van der Waals surface area (Å²) in [6.45, 7) is 0. The Morgan fingerprint density at radius 2 is 1.48 bits per heavy atom. The molecule has 0 unspecified atom stereocenters. The summed E-state index contributed by atoms with van der Waals surface area (Å²) in [5.74, 6) is 0.0299. The fourth-order valence-electron chi connectivity index (χ4n) is 1.94. The van der Waals surface area contributed by atoms with Gasteiger partial charge in [0.05, 0.1) is 16.7 Å². The molecule has 0 aliphatic rings. The molecular formula is C15H10Cl2N2O3S. The molecule has 3 aromatic rings. The van der Waals surface area contributed by atoms with Gasteiger partial charge in [0, 0.05) is 10.0 Å². The van der Waals surface area contributed by atoms with Gasteiger partial charge in [0.25, 0.3) is 10.0 Å². The number of hydrogen-bond acceptors (Lipinski definition) is 4. The molecule has 5 nitrogen and oxygen atoms in total. The Bertz CT molecular complexity index is 920. The first kappa shape index (κ1) is 15.9. The summed E-state index contributed by atoms with van der Waals surface area (Å²) < 4.78 is 32.2. The maximum atomic E-state index is 12.4. The van der Waals surface area contributed by atoms with Crippen molar-refractivity contribution in [2.24, 2.45) is 0 Å². The second kappa shape index (κ2) is 6.23. The van der Waals surface area contributed by atoms with Crippen molar-refractivity contribution in [1.82, 2.24) is 5.16 Å². The number of rotatable bonds is 4. The highest BCUT2D eigenvalue weighted by Gasteiger charge is 2.19. The first-order chi connectivity index (χ1) is 11.0. The Labute approximate surface area is 142 Å². The minimum absolute atomic E-state index is 0.0299. The molecule has 0 amide bonds. The van der Waals surface area contributed by atoms with Crippen molar-refractivity contribution >= 4 is 39.1 Å². The number of anilines is 1. The van der Waals surface area contributed by atoms with Crippen molar-refractivity contribution in [3.8, 4) is 11.1 Å². The van der Waals surface area contributed by atoms with Crippen molar-refractivity contribution in [2.75, 3.05) is 4.72 Å². The topological polar surface area (TPSA) is 72.2 Å². The highest BCUT2D eigenvalue weighted by Crippen LogP contribution is 2.30. The molecule has 0 saturated heterocycles. The maximum absolute atomic E-state index is 12.4. The van der Waals surface area contributed by atoms with Crippen LogP contribution in [0.4, 0.5) is 5.88 Å². The number of aromatic nitrogens is 1. The first-order valence-corrected chi connectivity index (χ1v) is 8.68. The van der Waals surface area contributed by atoms with Gasteiger partial charge in [-0.1, -0.05) is 40.5 Å². The molecule has 0 fully saturated rings. The van der Waals surface area contributed by atoms with Crippen LogP contribution >= 0.6 is 23.2 Å². The van der Waals surface area contributed by atoms with Crippen LogP contribution in [-0.4, -0.2) is 13.6 Å². The summed E-state index contributed by atoms with van der Waals surface area (Å²) in [5.41, 5.74) is 1.24. The Balaban J connectivity index is 1.93. The summed E-state index contributed by atoms with van der Waals surface area (Å²) in [4.78, 5) is 0.0698. The predicted octanol–water partition coefficient (Wildman–Crippen LogP) is 4.45. The molecular weight excluding hydrogens is 359 g/mol. The molecule has 1 N–H and O–H groups in total. The summed E-state index contributed by atoms with van der Waals surface area (Å²) in [6.07, 6.45) is 1.43. The van der Waals surface area contributed by atoms with Gasteiger partial charge in [0.15, 0.2) is 0 Å². The molecule has 0 aliphatic heterocycles. The van der Waals surface area contributed by atoms with Crippen LogP contribution < -0.4 is 4.72 Å². The maximum Gasteiger partial charge on any atom is 0.264 e. The van der Waals surface area contributed by atoms with Crippen LogP contribution in [0.15, 0.2) is 64.1 Å². The van der Waals surface area contributed by atoms with Gasteiger partial charge in [-0.2, -0.15) is 0 Å². The van der Waals surface area contributed by atoms with Gasteiger partial charge in [-0.3, -0.25) is 0 Å². The van der Waals surface area contributed by atoms with E-state index in [9.17, 15) is 8.42 Å². The van der Waals surface area contributed by atoms with E-state index in [-0.39, 0.29) is 10.8 Å². The zero-order valence-electron chi connectivity index (χ0n) is 11.5. The molecule has 0 saturated carbocycles. The zero-order valence-corrected chi connectivity index (χ0v) is 13.9. The molecule has 1 heterocycles. The first-order valence-electron chi connectivity index (χ1n) is 6.45. The SMILES string of the molecule is O=S(=O)(Nc1oncc1-c1ccc(Cl)cc1)c1ccc(Cl)cc1. The zero-order chi connectivity index (χ0) is 16.4. The molecule has 23 heavy (non-hydrogen) atoms. The van der Waals surface area contributed by atoms with E-state index in [0.717, 1.165) is 5.56 Å². The van der Waals surface area contributed by atoms with Gasteiger partial charge in [0.2, 0.25) is 5.88 Å². The fourth-order valence-corrected chi connectivity index (χ4v) is 3.20. The number of sulfonamides is 1. The molecule has 0 aliphatic carbocycles. The van der Waals surface area contributed by atoms with Crippen LogP contribution in [0.3, 0.4) is 0 Å². The largest absolute Gasteiger partial charge is 0.337 e. The standard InChI is InChI=1S/C15H10Cl2N2O3S/c16-11-3-1-10(2-4-11)14-9-18-22-15(14)19-23(20,21)13-7-5-12(17)6-8-13/h1-9,19H. The Kier molecular flexibility index (Phi) is 4.30. The molecule has 3 rings (SSSR count). The lowest BCUT2D eigenvalue weighted by Gasteiger charge is -2.07. The van der Waals surface area contributed by atoms with E-state index in [1.165, 1.54) is 30.5 Å². The van der Waals surface area contributed by atoms with Crippen LogP contribution in [0.5, 0.6) is 0 Å². The second-order valence-electron chi connectivity index (χ2n) is 4.63. The molecule has 8 heteroatoms. The Morgan fingerprint density at radius 1 is 0.913 bits per heavy atom. The Morgan fingerprint density at radius 3 is 2.09 bits per heavy atom. The number of nitrogens with zero attached hydrogens (tertiary/aromatic N) is 1. The average Bonchev–Trinajstić information content (AvgIpc) is 2.96. The monoisotopic (exact) mass is 368 g/mol. The molecule has 1 aromatic heterocycles. The smallest absolute Gasteiger partial charge is 0.264 e. The molecule has 0 radical (unpaired) electrons. The van der Waals surface area contributed by atoms with E-state index in [2.05, 4.69) is 9.88 Å². The third-order valence-electron chi connectivity index (χ3n) is 3.08. The fraction of sp³-hybridized carbons (Fsp3) is 0. The van der Waals surface area contributed by atoms with E-state index in [1.54, 1.807) is 24.3 Å². The summed E-state index contributed by atoms with van der Waals surface area (Å²) in [6, 6.07) is 12.7. The van der Waals surface area contributed by atoms with E-state index in [1.807, 2.05) is 0 Å². The van der Waals surface area contributed by atoms with Crippen molar-refractivity contribution < 1.29 is 12.9 Å². The molecule has 0 bridgehead atoms. The van der Waals surface area contributed by atoms with Gasteiger partial charge in [-0.05, 0) is 42.0 Å². The molecule has 118 valence electrons. The van der Waals surface area contributed by atoms with Crippen LogP contribution in [0.1, 0.15) is 0 Å². The van der Waals surface area contributed by atoms with E-state index in [0.29, 0.717) is 15.6 Å². The van der Waals surface area contributed by atoms with Gasteiger partial charge >= 0.3 is 0 Å². The van der Waals surface area contributed by atoms with E-state index >= 15 is 0 Å². The third kappa shape index (κ3) is 3.50. The molecule has 2 aromatic carbocycles. The van der Waals surface area contributed by atoms with Gasteiger partial charge in [0.1, 0.15) is 0 Å². The van der Waals surface area contributed by atoms with E-state index < -0.39 is 10.0 Å². The summed E-state index contributed by atoms with van der Waals surface area (Å²) in [5, 5.41) is 4.68. The minimum Gasteiger partial charge on any atom is -0.337 e. The number of halogens is 2. The Hall–Kier alpha value is -2.02. The van der Waals surface area contributed by atoms with Crippen molar-refractivity contribution in [1.29, 1.82) is 0 Å². The number of nitrogens with one attached hydrogen (secondary N) is 1. The minimum atomic E-state index is -3.81. The van der Waals surface area contributed by atoms with Crippen LogP contribution in [-0.2, 0) is 10.0 Å². The van der Waals surface area contributed by atoms with Crippen molar-refractivity contribution in [3.05, 3.63) is 64.8 Å². The predicted molar refractivity (Wildman–Crippen MR) is 89.2 cm³/mol. The molecule has 0 spiro atoms. The number of benzene rings is 2. The lowest BCUT2D eigenvalue weighted by molar-refractivity contribution is 0.435. The lowest BCUT2D eigenvalue weighted by Crippen LogP contribution is -2.12. The highest BCUT2D eigenvalue weighted by atomic mass is 35.5. The summed E-state index contributed by atoms with van der Waals surface area (Å²) >= 11 is 11.6. The van der Waals surface area contributed by atoms with Crippen LogP contribution in [0.25, 0.3) is 11.1 Å².